The Morgan fingerprint density at radius 1 is 1.56 bits per heavy atom. The molecule has 2 heterocycles. The molecule has 1 aromatic heterocycles. The number of carbonyl (C=O) groups is 1. The van der Waals surface area contributed by atoms with Crippen molar-refractivity contribution >= 4 is 11.8 Å². The fourth-order valence-corrected chi connectivity index (χ4v) is 2.13. The fourth-order valence-electron chi connectivity index (χ4n) is 2.13. The average Bonchev–Trinajstić information content (AvgIpc) is 2.87. The minimum absolute atomic E-state index is 0.000425. The summed E-state index contributed by atoms with van der Waals surface area (Å²) in [7, 11) is 3.25. The highest BCUT2D eigenvalue weighted by atomic mass is 16.5. The Labute approximate surface area is 106 Å². The van der Waals surface area contributed by atoms with Gasteiger partial charge < -0.3 is 10.1 Å². The van der Waals surface area contributed by atoms with Gasteiger partial charge in [-0.2, -0.15) is 0 Å². The van der Waals surface area contributed by atoms with Gasteiger partial charge in [0, 0.05) is 20.1 Å². The molecule has 1 atom stereocenters. The van der Waals surface area contributed by atoms with Crippen LogP contribution < -0.4 is 5.32 Å². The van der Waals surface area contributed by atoms with Gasteiger partial charge in [-0.15, -0.1) is 0 Å². The number of hydrogen-bond donors (Lipinski definition) is 1. The summed E-state index contributed by atoms with van der Waals surface area (Å²) in [6.07, 6.45) is 4.33. The van der Waals surface area contributed by atoms with Crippen LogP contribution in [0.25, 0.3) is 0 Å². The monoisotopic (exact) mass is 250 g/mol. The molecule has 0 bridgehead atoms. The lowest BCUT2D eigenvalue weighted by atomic mass is 10.1. The zero-order valence-corrected chi connectivity index (χ0v) is 10.7. The van der Waals surface area contributed by atoms with Gasteiger partial charge in [-0.05, 0) is 13.0 Å². The van der Waals surface area contributed by atoms with E-state index in [0.717, 1.165) is 37.6 Å². The second kappa shape index (κ2) is 5.77. The number of likely N-dealkylation sites (tertiary alicyclic amines) is 1. The Bertz CT molecular complexity index is 407. The molecule has 0 aliphatic carbocycles. The number of nitrogens with one attached hydrogen (secondary N) is 1. The van der Waals surface area contributed by atoms with E-state index in [-0.39, 0.29) is 11.9 Å². The summed E-state index contributed by atoms with van der Waals surface area (Å²) < 4.78 is 4.76. The SMILES string of the molecule is CNc1cnc(CN2CCC(C(=O)OC)C2)cn1. The summed E-state index contributed by atoms with van der Waals surface area (Å²) in [6, 6.07) is 0. The smallest absolute Gasteiger partial charge is 0.310 e. The predicted molar refractivity (Wildman–Crippen MR) is 67.0 cm³/mol. The van der Waals surface area contributed by atoms with E-state index >= 15 is 0 Å². The Morgan fingerprint density at radius 2 is 2.39 bits per heavy atom. The van der Waals surface area contributed by atoms with Crippen LogP contribution in [0.5, 0.6) is 0 Å². The molecule has 1 aliphatic rings. The number of anilines is 1. The van der Waals surface area contributed by atoms with Crippen LogP contribution in [0.4, 0.5) is 5.82 Å². The summed E-state index contributed by atoms with van der Waals surface area (Å²) in [5, 5.41) is 2.93. The van der Waals surface area contributed by atoms with Crippen molar-refractivity contribution < 1.29 is 9.53 Å². The summed E-state index contributed by atoms with van der Waals surface area (Å²) >= 11 is 0. The van der Waals surface area contributed by atoms with Crippen LogP contribution in [-0.2, 0) is 16.1 Å². The molecule has 1 fully saturated rings. The first-order valence-electron chi connectivity index (χ1n) is 6.01. The van der Waals surface area contributed by atoms with Crippen LogP contribution in [0, 0.1) is 5.92 Å². The highest BCUT2D eigenvalue weighted by molar-refractivity contribution is 5.72. The molecule has 0 aromatic carbocycles. The largest absolute Gasteiger partial charge is 0.469 e. The molecule has 1 unspecified atom stereocenters. The van der Waals surface area contributed by atoms with Gasteiger partial charge in [0.15, 0.2) is 0 Å². The Hall–Kier alpha value is -1.69. The lowest BCUT2D eigenvalue weighted by Gasteiger charge is -2.14. The summed E-state index contributed by atoms with van der Waals surface area (Å²) in [4.78, 5) is 22.1. The number of methoxy groups -OCH3 is 1. The normalized spacial score (nSPS) is 19.8. The van der Waals surface area contributed by atoms with Gasteiger partial charge in [0.2, 0.25) is 0 Å². The number of carbonyl (C=O) groups excluding carboxylic acids is 1. The first-order valence-corrected chi connectivity index (χ1v) is 6.01. The number of aromatic nitrogens is 2. The van der Waals surface area contributed by atoms with Gasteiger partial charge in [0.25, 0.3) is 0 Å². The second-order valence-corrected chi connectivity index (χ2v) is 4.39. The van der Waals surface area contributed by atoms with Crippen molar-refractivity contribution in [3.8, 4) is 0 Å². The molecule has 18 heavy (non-hydrogen) atoms. The number of ether oxygens (including phenoxy) is 1. The van der Waals surface area contributed by atoms with Gasteiger partial charge >= 0.3 is 5.97 Å². The average molecular weight is 250 g/mol. The lowest BCUT2D eigenvalue weighted by molar-refractivity contribution is -0.144. The Kier molecular flexibility index (Phi) is 4.09. The third-order valence-corrected chi connectivity index (χ3v) is 3.15. The molecule has 0 radical (unpaired) electrons. The van der Waals surface area contributed by atoms with Crippen LogP contribution in [0.15, 0.2) is 12.4 Å². The van der Waals surface area contributed by atoms with Crippen molar-refractivity contribution in [2.45, 2.75) is 13.0 Å². The van der Waals surface area contributed by atoms with Crippen molar-refractivity contribution in [1.82, 2.24) is 14.9 Å². The molecule has 6 nitrogen and oxygen atoms in total. The van der Waals surface area contributed by atoms with Crippen molar-refractivity contribution in [2.24, 2.45) is 5.92 Å². The van der Waals surface area contributed by atoms with Gasteiger partial charge in [-0.3, -0.25) is 14.7 Å². The first kappa shape index (κ1) is 12.8. The van der Waals surface area contributed by atoms with Crippen LogP contribution >= 0.6 is 0 Å². The predicted octanol–water partition coefficient (Wildman–Crippen LogP) is 0.513. The lowest BCUT2D eigenvalue weighted by Crippen LogP contribution is -2.24. The first-order chi connectivity index (χ1) is 8.72. The Morgan fingerprint density at radius 3 is 3.00 bits per heavy atom. The number of rotatable bonds is 4. The number of esters is 1. The number of hydrogen-bond acceptors (Lipinski definition) is 6. The highest BCUT2D eigenvalue weighted by Crippen LogP contribution is 2.19. The molecule has 98 valence electrons. The van der Waals surface area contributed by atoms with E-state index in [1.807, 2.05) is 7.05 Å². The maximum Gasteiger partial charge on any atom is 0.310 e. The fraction of sp³-hybridized carbons (Fsp3) is 0.583. The molecule has 2 rings (SSSR count). The van der Waals surface area contributed by atoms with E-state index in [9.17, 15) is 4.79 Å². The van der Waals surface area contributed by atoms with Gasteiger partial charge in [-0.1, -0.05) is 0 Å². The topological polar surface area (TPSA) is 67.4 Å². The minimum Gasteiger partial charge on any atom is -0.469 e. The molecule has 1 aliphatic heterocycles. The van der Waals surface area contributed by atoms with Crippen LogP contribution in [-0.4, -0.2) is 48.1 Å². The summed E-state index contributed by atoms with van der Waals surface area (Å²) in [5.74, 6) is 0.640. The van der Waals surface area contributed by atoms with Crippen molar-refractivity contribution in [2.75, 3.05) is 32.6 Å². The van der Waals surface area contributed by atoms with Gasteiger partial charge in [-0.25, -0.2) is 4.98 Å². The van der Waals surface area contributed by atoms with E-state index in [1.165, 1.54) is 7.11 Å². The van der Waals surface area contributed by atoms with Crippen LogP contribution in [0.3, 0.4) is 0 Å². The molecule has 0 amide bonds. The molecular weight excluding hydrogens is 232 g/mol. The maximum absolute atomic E-state index is 11.4. The standard InChI is InChI=1S/C12H18N4O2/c1-13-11-6-14-10(5-15-11)8-16-4-3-9(7-16)12(17)18-2/h5-6,9H,3-4,7-8H2,1-2H3,(H,13,15). The van der Waals surface area contributed by atoms with Gasteiger partial charge in [0.05, 0.1) is 31.1 Å². The van der Waals surface area contributed by atoms with E-state index in [2.05, 4.69) is 20.2 Å². The van der Waals surface area contributed by atoms with E-state index in [4.69, 9.17) is 4.74 Å². The third-order valence-electron chi connectivity index (χ3n) is 3.15. The molecule has 1 N–H and O–H groups in total. The highest BCUT2D eigenvalue weighted by Gasteiger charge is 2.28. The molecule has 0 saturated carbocycles. The van der Waals surface area contributed by atoms with E-state index < -0.39 is 0 Å². The minimum atomic E-state index is -0.117. The molecule has 1 saturated heterocycles. The maximum atomic E-state index is 11.4. The second-order valence-electron chi connectivity index (χ2n) is 4.39. The third kappa shape index (κ3) is 2.95. The van der Waals surface area contributed by atoms with Crippen LogP contribution in [0.1, 0.15) is 12.1 Å². The quantitative estimate of drug-likeness (QED) is 0.785. The molecule has 0 spiro atoms. The number of nitrogens with zero attached hydrogens (tertiary/aromatic N) is 3. The van der Waals surface area contributed by atoms with Crippen LogP contribution in [0.2, 0.25) is 0 Å². The molecule has 6 heteroatoms. The summed E-state index contributed by atoms with van der Waals surface area (Å²) in [5.41, 5.74) is 0.916. The van der Waals surface area contributed by atoms with Gasteiger partial charge in [0.1, 0.15) is 5.82 Å². The van der Waals surface area contributed by atoms with Crippen molar-refractivity contribution in [3.05, 3.63) is 18.1 Å². The van der Waals surface area contributed by atoms with E-state index in [1.54, 1.807) is 12.4 Å². The van der Waals surface area contributed by atoms with Crippen molar-refractivity contribution in [1.29, 1.82) is 0 Å². The van der Waals surface area contributed by atoms with Crippen molar-refractivity contribution in [3.63, 3.8) is 0 Å². The molecule has 1 aromatic rings. The van der Waals surface area contributed by atoms with E-state index in [0.29, 0.717) is 0 Å². The molecular formula is C12H18N4O2. The zero-order valence-electron chi connectivity index (χ0n) is 10.7. The zero-order chi connectivity index (χ0) is 13.0. The Balaban J connectivity index is 1.89. The summed E-state index contributed by atoms with van der Waals surface area (Å²) in [6.45, 7) is 2.36.